The molecule has 212 valence electrons. The summed E-state index contributed by atoms with van der Waals surface area (Å²) in [5.74, 6) is -1.24. The summed E-state index contributed by atoms with van der Waals surface area (Å²) < 4.78 is 0. The molecule has 0 aliphatic rings. The molecule has 0 rings (SSSR count). The van der Waals surface area contributed by atoms with E-state index in [1.54, 1.807) is 35.5 Å². The molecule has 0 aliphatic carbocycles. The second-order valence-electron chi connectivity index (χ2n) is 9.04. The smallest absolute Gasteiger partial charge is 0.242 e. The SMILES string of the molecule is BCC(=O)N(CCNC(=O)CN(CCN(CCC)C(=O)CN(CCNC)C(=O)CB)C(=O)CB)CC(C)=O. The summed E-state index contributed by atoms with van der Waals surface area (Å²) in [6.45, 7) is 5.33. The van der Waals surface area contributed by atoms with Gasteiger partial charge in [0.1, 0.15) is 29.3 Å². The fraction of sp³-hybridized carbons (Fsp3) is 0.739. The third-order valence-electron chi connectivity index (χ3n) is 5.86. The predicted molar refractivity (Wildman–Crippen MR) is 154 cm³/mol. The molecule has 0 fully saturated rings. The maximum absolute atomic E-state index is 13.0. The first-order chi connectivity index (χ1) is 18.0. The van der Waals surface area contributed by atoms with Gasteiger partial charge in [-0.25, -0.2) is 0 Å². The molecule has 0 aromatic carbocycles. The average molecular weight is 534 g/mol. The lowest BCUT2D eigenvalue weighted by atomic mass is 10.0. The van der Waals surface area contributed by atoms with Crippen LogP contribution in [0.1, 0.15) is 20.3 Å². The fourth-order valence-corrected chi connectivity index (χ4v) is 3.76. The van der Waals surface area contributed by atoms with Crippen LogP contribution < -0.4 is 10.6 Å². The Morgan fingerprint density at radius 2 is 1.08 bits per heavy atom. The number of ketones is 1. The Kier molecular flexibility index (Phi) is 18.7. The highest BCUT2D eigenvalue weighted by atomic mass is 16.2. The summed E-state index contributed by atoms with van der Waals surface area (Å²) >= 11 is 0. The molecule has 15 heteroatoms. The Hall–Kier alpha value is -2.83. The molecule has 5 amide bonds. The summed E-state index contributed by atoms with van der Waals surface area (Å²) in [4.78, 5) is 79.8. The van der Waals surface area contributed by atoms with Gasteiger partial charge in [0.25, 0.3) is 0 Å². The van der Waals surface area contributed by atoms with Crippen molar-refractivity contribution < 1.29 is 28.8 Å². The quantitative estimate of drug-likeness (QED) is 0.151. The standard InChI is InChI=1S/C23H45B3N6O6/c1-4-7-29(23(38)17-31(8-5-27-3)21(36)13-25)10-11-32(22(37)14-26)16-19(34)28-6-9-30(15-18(2)33)20(35)12-24/h27H,4-17,24-26H2,1-3H3,(H,28,34). The number of amides is 5. The van der Waals surface area contributed by atoms with E-state index in [0.717, 1.165) is 0 Å². The van der Waals surface area contributed by atoms with Crippen LogP contribution >= 0.6 is 0 Å². The summed E-state index contributed by atoms with van der Waals surface area (Å²) in [5, 5.41) is 5.69. The molecule has 2 N–H and O–H groups in total. The molecule has 0 spiro atoms. The zero-order valence-corrected chi connectivity index (χ0v) is 24.1. The largest absolute Gasteiger partial charge is 0.353 e. The lowest BCUT2D eigenvalue weighted by Gasteiger charge is -2.30. The van der Waals surface area contributed by atoms with Crippen LogP contribution in [0.15, 0.2) is 0 Å². The van der Waals surface area contributed by atoms with E-state index < -0.39 is 5.91 Å². The van der Waals surface area contributed by atoms with Gasteiger partial charge in [-0.15, -0.1) is 0 Å². The second kappa shape index (κ2) is 20.2. The van der Waals surface area contributed by atoms with Gasteiger partial charge in [-0.3, -0.25) is 28.8 Å². The zero-order valence-electron chi connectivity index (χ0n) is 24.1. The van der Waals surface area contributed by atoms with E-state index >= 15 is 0 Å². The normalized spacial score (nSPS) is 10.4. The molecule has 0 bridgehead atoms. The number of Topliss-reactive ketones (excluding diaryl/α,β-unsaturated/α-hetero) is 1. The number of carbonyl (C=O) groups is 6. The fourth-order valence-electron chi connectivity index (χ4n) is 3.76. The molecule has 0 aromatic rings. The topological polar surface area (TPSA) is 139 Å². The highest BCUT2D eigenvalue weighted by Crippen LogP contribution is 2.02. The van der Waals surface area contributed by atoms with Gasteiger partial charge < -0.3 is 30.2 Å². The van der Waals surface area contributed by atoms with Crippen molar-refractivity contribution in [3.05, 3.63) is 0 Å². The van der Waals surface area contributed by atoms with Crippen LogP contribution in [0.3, 0.4) is 0 Å². The van der Waals surface area contributed by atoms with E-state index in [1.165, 1.54) is 21.6 Å². The lowest BCUT2D eigenvalue weighted by Crippen LogP contribution is -2.49. The minimum Gasteiger partial charge on any atom is -0.353 e. The van der Waals surface area contributed by atoms with Crippen molar-refractivity contribution in [2.45, 2.75) is 39.2 Å². The van der Waals surface area contributed by atoms with Crippen LogP contribution in [0, 0.1) is 0 Å². The first kappa shape index (κ1) is 35.2. The molecule has 0 heterocycles. The first-order valence-corrected chi connectivity index (χ1v) is 13.6. The summed E-state index contributed by atoms with van der Waals surface area (Å²) in [7, 11) is 6.94. The Bertz CT molecular complexity index is 804. The van der Waals surface area contributed by atoms with Crippen LogP contribution in [-0.2, 0) is 28.8 Å². The minimum absolute atomic E-state index is 0.0134. The van der Waals surface area contributed by atoms with Crippen molar-refractivity contribution in [3.8, 4) is 0 Å². The Morgan fingerprint density at radius 1 is 0.605 bits per heavy atom. The van der Waals surface area contributed by atoms with E-state index in [0.29, 0.717) is 32.4 Å². The van der Waals surface area contributed by atoms with Crippen LogP contribution in [0.25, 0.3) is 0 Å². The minimum atomic E-state index is -0.390. The Balaban J connectivity index is 5.13. The second-order valence-corrected chi connectivity index (χ2v) is 9.04. The Morgan fingerprint density at radius 3 is 1.55 bits per heavy atom. The molecule has 0 saturated heterocycles. The van der Waals surface area contributed by atoms with Crippen molar-refractivity contribution >= 4 is 58.9 Å². The third-order valence-corrected chi connectivity index (χ3v) is 5.86. The van der Waals surface area contributed by atoms with Crippen LogP contribution in [0.4, 0.5) is 0 Å². The number of hydrogen-bond donors (Lipinski definition) is 2. The van der Waals surface area contributed by atoms with Gasteiger partial charge in [0.05, 0.1) is 19.6 Å². The summed E-state index contributed by atoms with van der Waals surface area (Å²) in [5.41, 5.74) is 0. The van der Waals surface area contributed by atoms with Crippen molar-refractivity contribution in [2.75, 3.05) is 72.5 Å². The van der Waals surface area contributed by atoms with E-state index in [1.807, 2.05) is 6.92 Å². The Labute approximate surface area is 229 Å². The molecule has 0 aromatic heterocycles. The number of hydrogen-bond acceptors (Lipinski definition) is 7. The maximum Gasteiger partial charge on any atom is 0.242 e. The maximum atomic E-state index is 13.0. The molecule has 0 saturated carbocycles. The monoisotopic (exact) mass is 534 g/mol. The van der Waals surface area contributed by atoms with Crippen molar-refractivity contribution in [1.82, 2.24) is 30.2 Å². The molecular formula is C23H45B3N6O6. The van der Waals surface area contributed by atoms with Crippen LogP contribution in [0.5, 0.6) is 0 Å². The highest BCUT2D eigenvalue weighted by Gasteiger charge is 2.22. The zero-order chi connectivity index (χ0) is 29.1. The molecule has 0 radical (unpaired) electrons. The predicted octanol–water partition coefficient (Wildman–Crippen LogP) is -4.21. The number of likely N-dealkylation sites (N-methyl/N-ethyl adjacent to an activating group) is 1. The van der Waals surface area contributed by atoms with Gasteiger partial charge >= 0.3 is 0 Å². The van der Waals surface area contributed by atoms with Gasteiger partial charge in [0, 0.05) is 45.8 Å². The summed E-state index contributed by atoms with van der Waals surface area (Å²) in [6, 6.07) is 0. The van der Waals surface area contributed by atoms with Gasteiger partial charge in [0.2, 0.25) is 29.5 Å². The van der Waals surface area contributed by atoms with Gasteiger partial charge in [-0.1, -0.05) is 6.92 Å². The van der Waals surface area contributed by atoms with E-state index in [4.69, 9.17) is 0 Å². The molecule has 0 atom stereocenters. The number of nitrogens with one attached hydrogen (secondary N) is 2. The highest BCUT2D eigenvalue weighted by molar-refractivity contribution is 6.20. The lowest BCUT2D eigenvalue weighted by molar-refractivity contribution is -0.140. The van der Waals surface area contributed by atoms with E-state index in [-0.39, 0.29) is 87.9 Å². The molecule has 38 heavy (non-hydrogen) atoms. The van der Waals surface area contributed by atoms with Crippen LogP contribution in [0.2, 0.25) is 19.0 Å². The van der Waals surface area contributed by atoms with E-state index in [9.17, 15) is 28.8 Å². The van der Waals surface area contributed by atoms with Crippen LogP contribution in [-0.4, -0.2) is 151 Å². The number of carbonyl (C=O) groups excluding carboxylic acids is 6. The van der Waals surface area contributed by atoms with Crippen molar-refractivity contribution in [1.29, 1.82) is 0 Å². The third kappa shape index (κ3) is 14.2. The van der Waals surface area contributed by atoms with Gasteiger partial charge in [0.15, 0.2) is 0 Å². The molecule has 0 unspecified atom stereocenters. The van der Waals surface area contributed by atoms with Gasteiger partial charge in [-0.2, -0.15) is 0 Å². The van der Waals surface area contributed by atoms with Crippen molar-refractivity contribution in [3.63, 3.8) is 0 Å². The molecule has 0 aliphatic heterocycles. The number of nitrogens with zero attached hydrogens (tertiary/aromatic N) is 4. The molecular weight excluding hydrogens is 489 g/mol. The average Bonchev–Trinajstić information content (AvgIpc) is 2.89. The van der Waals surface area contributed by atoms with Gasteiger partial charge in [-0.05, 0) is 39.4 Å². The molecule has 12 nitrogen and oxygen atoms in total. The number of rotatable bonds is 20. The van der Waals surface area contributed by atoms with E-state index in [2.05, 4.69) is 10.6 Å². The van der Waals surface area contributed by atoms with Crippen molar-refractivity contribution in [2.24, 2.45) is 0 Å². The summed E-state index contributed by atoms with van der Waals surface area (Å²) in [6.07, 6.45) is 1.47. The first-order valence-electron chi connectivity index (χ1n) is 13.6.